The molecule has 0 aromatic carbocycles. The highest BCUT2D eigenvalue weighted by molar-refractivity contribution is 5.86. The quantitative estimate of drug-likeness (QED) is 0.341. The maximum atomic E-state index is 11.0. The van der Waals surface area contributed by atoms with Gasteiger partial charge in [0.25, 0.3) is 0 Å². The summed E-state index contributed by atoms with van der Waals surface area (Å²) in [6.45, 7) is 0.991. The molecule has 1 aliphatic heterocycles. The van der Waals surface area contributed by atoms with Gasteiger partial charge in [0.1, 0.15) is 0 Å². The smallest absolute Gasteiger partial charge is 0.394 e. The number of cyclic esters (lactones) is 2. The normalized spacial score (nSPS) is 39.0. The molecule has 0 radical (unpaired) electrons. The molecule has 0 aromatic heterocycles. The number of hydrogen-bond acceptors (Lipinski definition) is 8. The summed E-state index contributed by atoms with van der Waals surface area (Å²) in [5.74, 6) is -5.85. The highest BCUT2D eigenvalue weighted by Crippen LogP contribution is 2.21. The Morgan fingerprint density at radius 2 is 1.53 bits per heavy atom. The minimum Gasteiger partial charge on any atom is -0.394 e. The van der Waals surface area contributed by atoms with Crippen molar-refractivity contribution in [2.24, 2.45) is 0 Å². The van der Waals surface area contributed by atoms with Gasteiger partial charge in [0.2, 0.25) is 0 Å². The number of aliphatic hydroxyl groups excluding tert-OH is 3. The second-order valence-electron chi connectivity index (χ2n) is 3.04. The fourth-order valence-corrected chi connectivity index (χ4v) is 0.858. The molecule has 1 aliphatic rings. The summed E-state index contributed by atoms with van der Waals surface area (Å²) in [6.07, 6.45) is -6.06. The van der Waals surface area contributed by atoms with Crippen LogP contribution in [0.4, 0.5) is 0 Å². The molecule has 4 N–H and O–H groups in total. The second-order valence-corrected chi connectivity index (χ2v) is 3.04. The van der Waals surface area contributed by atoms with Crippen molar-refractivity contribution in [3.05, 3.63) is 0 Å². The third-order valence-corrected chi connectivity index (χ3v) is 1.80. The summed E-state index contributed by atoms with van der Waals surface area (Å²) in [4.78, 5) is 21.9. The zero-order chi connectivity index (χ0) is 11.8. The summed E-state index contributed by atoms with van der Waals surface area (Å²) in [5, 5.41) is 36.3. The van der Waals surface area contributed by atoms with Crippen molar-refractivity contribution in [1.29, 1.82) is 0 Å². The Morgan fingerprint density at radius 3 is 1.80 bits per heavy atom. The molecular weight excluding hydrogens is 212 g/mol. The van der Waals surface area contributed by atoms with Crippen LogP contribution in [0.15, 0.2) is 0 Å². The molecule has 86 valence electrons. The fourth-order valence-electron chi connectivity index (χ4n) is 0.858. The molecule has 3 unspecified atom stereocenters. The van der Waals surface area contributed by atoms with E-state index in [2.05, 4.69) is 9.47 Å². The molecule has 15 heavy (non-hydrogen) atoms. The maximum absolute atomic E-state index is 11.0. The number of rotatable bonds is 1. The Bertz CT molecular complexity index is 263. The van der Waals surface area contributed by atoms with E-state index in [4.69, 9.17) is 15.3 Å². The van der Waals surface area contributed by atoms with Crippen LogP contribution in [-0.2, 0) is 19.1 Å². The lowest BCUT2D eigenvalue weighted by molar-refractivity contribution is -0.355. The van der Waals surface area contributed by atoms with Gasteiger partial charge in [-0.15, -0.1) is 0 Å². The van der Waals surface area contributed by atoms with Crippen molar-refractivity contribution in [2.75, 3.05) is 0 Å². The maximum Gasteiger partial charge on any atom is 0.400 e. The van der Waals surface area contributed by atoms with E-state index >= 15 is 0 Å². The first kappa shape index (κ1) is 11.9. The zero-order valence-corrected chi connectivity index (χ0v) is 7.65. The number of carbonyl (C=O) groups is 2. The van der Waals surface area contributed by atoms with Gasteiger partial charge in [0.15, 0.2) is 18.3 Å². The summed E-state index contributed by atoms with van der Waals surface area (Å²) < 4.78 is 8.25. The van der Waals surface area contributed by atoms with E-state index < -0.39 is 36.2 Å². The van der Waals surface area contributed by atoms with Crippen molar-refractivity contribution in [3.8, 4) is 0 Å². The number of esters is 2. The molecule has 1 fully saturated rings. The van der Waals surface area contributed by atoms with Crippen LogP contribution in [0.2, 0.25) is 0 Å². The Kier molecular flexibility index (Phi) is 2.95. The van der Waals surface area contributed by atoms with Crippen LogP contribution < -0.4 is 0 Å². The first-order valence-corrected chi connectivity index (χ1v) is 4.00. The molecule has 1 rings (SSSR count). The van der Waals surface area contributed by atoms with Crippen LogP contribution in [0.3, 0.4) is 0 Å². The number of aliphatic hydroxyl groups is 4. The average molecular weight is 222 g/mol. The van der Waals surface area contributed by atoms with E-state index in [9.17, 15) is 14.7 Å². The third-order valence-electron chi connectivity index (χ3n) is 1.80. The Morgan fingerprint density at radius 1 is 1.20 bits per heavy atom. The predicted molar refractivity (Wildman–Crippen MR) is 40.8 cm³/mol. The van der Waals surface area contributed by atoms with Crippen molar-refractivity contribution in [3.63, 3.8) is 0 Å². The van der Waals surface area contributed by atoms with Crippen molar-refractivity contribution >= 4 is 11.9 Å². The van der Waals surface area contributed by atoms with E-state index in [0.717, 1.165) is 6.92 Å². The van der Waals surface area contributed by atoms with Gasteiger partial charge in [-0.1, -0.05) is 0 Å². The molecule has 0 bridgehead atoms. The molecular formula is C7H10O8. The zero-order valence-electron chi connectivity index (χ0n) is 7.65. The van der Waals surface area contributed by atoms with E-state index in [-0.39, 0.29) is 0 Å². The van der Waals surface area contributed by atoms with E-state index in [1.807, 2.05) is 0 Å². The molecule has 0 amide bonds. The van der Waals surface area contributed by atoms with Gasteiger partial charge in [-0.25, -0.2) is 9.59 Å². The monoisotopic (exact) mass is 222 g/mol. The number of hydrogen-bond donors (Lipinski definition) is 4. The van der Waals surface area contributed by atoms with Crippen LogP contribution in [0, 0.1) is 0 Å². The number of ether oxygens (including phenoxy) is 2. The first-order chi connectivity index (χ1) is 6.78. The molecule has 0 saturated carbocycles. The van der Waals surface area contributed by atoms with Gasteiger partial charge in [-0.05, 0) is 6.92 Å². The molecule has 8 nitrogen and oxygen atoms in total. The Balaban J connectivity index is 3.00. The summed E-state index contributed by atoms with van der Waals surface area (Å²) in [6, 6.07) is 0. The van der Waals surface area contributed by atoms with E-state index in [1.165, 1.54) is 0 Å². The minimum atomic E-state index is -2.90. The van der Waals surface area contributed by atoms with E-state index in [1.54, 1.807) is 0 Å². The largest absolute Gasteiger partial charge is 0.400 e. The van der Waals surface area contributed by atoms with Gasteiger partial charge >= 0.3 is 17.9 Å². The van der Waals surface area contributed by atoms with Crippen LogP contribution >= 0.6 is 0 Å². The first-order valence-electron chi connectivity index (χ1n) is 4.00. The van der Waals surface area contributed by atoms with Crippen molar-refractivity contribution in [1.82, 2.24) is 0 Å². The predicted octanol–water partition coefficient (Wildman–Crippen LogP) is -3.16. The van der Waals surface area contributed by atoms with Crippen LogP contribution in [0.1, 0.15) is 6.92 Å². The molecule has 3 atom stereocenters. The highest BCUT2D eigenvalue weighted by atomic mass is 16.9. The Labute approximate surface area is 83.7 Å². The molecule has 8 heteroatoms. The van der Waals surface area contributed by atoms with Gasteiger partial charge in [0, 0.05) is 0 Å². The van der Waals surface area contributed by atoms with E-state index in [0.29, 0.717) is 0 Å². The van der Waals surface area contributed by atoms with Crippen molar-refractivity contribution in [2.45, 2.75) is 31.2 Å². The molecule has 1 saturated heterocycles. The topological polar surface area (TPSA) is 134 Å². The average Bonchev–Trinajstić information content (AvgIpc) is 2.19. The van der Waals surface area contributed by atoms with Gasteiger partial charge in [0.05, 0.1) is 0 Å². The molecule has 0 spiro atoms. The second kappa shape index (κ2) is 3.74. The van der Waals surface area contributed by atoms with Gasteiger partial charge in [-0.3, -0.25) is 0 Å². The Hall–Kier alpha value is -1.22. The molecule has 1 heterocycles. The SMILES string of the molecule is CC(O)C1(O)OC(=O)C(O)C(O)C(=O)O1. The minimum absolute atomic E-state index is 0.991. The standard InChI is InChI=1S/C7H10O8/c1-2(8)7(13)14-5(11)3(9)4(10)6(12)15-7/h2-4,8-10,13H,1H3. The van der Waals surface area contributed by atoms with Crippen LogP contribution in [0.25, 0.3) is 0 Å². The van der Waals surface area contributed by atoms with Gasteiger partial charge < -0.3 is 29.9 Å². The highest BCUT2D eigenvalue weighted by Gasteiger charge is 2.50. The van der Waals surface area contributed by atoms with Crippen LogP contribution in [-0.4, -0.2) is 56.6 Å². The van der Waals surface area contributed by atoms with Crippen molar-refractivity contribution < 1.29 is 39.5 Å². The van der Waals surface area contributed by atoms with Gasteiger partial charge in [-0.2, -0.15) is 0 Å². The lowest BCUT2D eigenvalue weighted by Crippen LogP contribution is -2.47. The fraction of sp³-hybridized carbons (Fsp3) is 0.714. The lowest BCUT2D eigenvalue weighted by atomic mass is 10.2. The summed E-state index contributed by atoms with van der Waals surface area (Å²) in [5.41, 5.74) is 0. The summed E-state index contributed by atoms with van der Waals surface area (Å²) in [7, 11) is 0. The van der Waals surface area contributed by atoms with Crippen LogP contribution in [0.5, 0.6) is 0 Å². The summed E-state index contributed by atoms with van der Waals surface area (Å²) >= 11 is 0. The molecule has 0 aliphatic carbocycles. The lowest BCUT2D eigenvalue weighted by Gasteiger charge is -2.26. The third kappa shape index (κ3) is 2.07. The number of carbonyl (C=O) groups excluding carboxylic acids is 2. The molecule has 0 aromatic rings.